The van der Waals surface area contributed by atoms with Gasteiger partial charge < -0.3 is 19.3 Å². The summed E-state index contributed by atoms with van der Waals surface area (Å²) in [5.41, 5.74) is 1.05. The third-order valence-corrected chi connectivity index (χ3v) is 3.87. The summed E-state index contributed by atoms with van der Waals surface area (Å²) in [7, 11) is 1.50. The van der Waals surface area contributed by atoms with Gasteiger partial charge in [-0.05, 0) is 30.3 Å². The molecule has 0 aliphatic carbocycles. The fourth-order valence-electron chi connectivity index (χ4n) is 2.27. The second-order valence-corrected chi connectivity index (χ2v) is 6.03. The summed E-state index contributed by atoms with van der Waals surface area (Å²) >= 11 is 5.93. The van der Waals surface area contributed by atoms with Crippen LogP contribution in [0.25, 0.3) is 11.4 Å². The minimum Gasteiger partial charge on any atom is -0.497 e. The second-order valence-electron chi connectivity index (χ2n) is 5.60. The number of halogens is 1. The largest absolute Gasteiger partial charge is 0.497 e. The molecule has 1 heterocycles. The van der Waals surface area contributed by atoms with E-state index >= 15 is 0 Å². The molecule has 1 aromatic heterocycles. The van der Waals surface area contributed by atoms with Crippen LogP contribution in [0.15, 0.2) is 53.1 Å². The monoisotopic (exact) mass is 401 g/mol. The van der Waals surface area contributed by atoms with E-state index in [1.165, 1.54) is 7.11 Å². The topological polar surface area (TPSA) is 104 Å². The van der Waals surface area contributed by atoms with Gasteiger partial charge in [0.25, 0.3) is 11.8 Å². The fraction of sp³-hybridized carbons (Fsp3) is 0.158. The van der Waals surface area contributed by atoms with Crippen molar-refractivity contribution < 1.29 is 23.6 Å². The number of ether oxygens (including phenoxy) is 2. The van der Waals surface area contributed by atoms with E-state index in [9.17, 15) is 9.59 Å². The van der Waals surface area contributed by atoms with Crippen LogP contribution in [0.3, 0.4) is 0 Å². The molecule has 0 saturated carbocycles. The molecule has 0 fully saturated rings. The maximum absolute atomic E-state index is 12.1. The van der Waals surface area contributed by atoms with Gasteiger partial charge in [0.15, 0.2) is 6.61 Å². The predicted octanol–water partition coefficient (Wildman–Crippen LogP) is 2.87. The summed E-state index contributed by atoms with van der Waals surface area (Å²) < 4.78 is 15.1. The minimum atomic E-state index is -0.640. The van der Waals surface area contributed by atoms with Gasteiger partial charge in [0, 0.05) is 16.1 Å². The van der Waals surface area contributed by atoms with Crippen LogP contribution in [-0.2, 0) is 16.1 Å². The molecule has 0 aliphatic heterocycles. The summed E-state index contributed by atoms with van der Waals surface area (Å²) in [6, 6.07) is 13.5. The number of amides is 1. The lowest BCUT2D eigenvalue weighted by Crippen LogP contribution is -2.30. The average molecular weight is 402 g/mol. The molecule has 8 nitrogen and oxygen atoms in total. The third-order valence-electron chi connectivity index (χ3n) is 3.63. The number of aromatic nitrogens is 2. The van der Waals surface area contributed by atoms with Crippen molar-refractivity contribution in [3.63, 3.8) is 0 Å². The van der Waals surface area contributed by atoms with E-state index < -0.39 is 11.9 Å². The van der Waals surface area contributed by atoms with Gasteiger partial charge in [0.05, 0.1) is 7.11 Å². The molecular weight excluding hydrogens is 386 g/mol. The quantitative estimate of drug-likeness (QED) is 0.607. The zero-order valence-corrected chi connectivity index (χ0v) is 15.6. The number of nitrogens with one attached hydrogen (secondary N) is 1. The van der Waals surface area contributed by atoms with E-state index in [2.05, 4.69) is 15.5 Å². The molecule has 0 bridgehead atoms. The van der Waals surface area contributed by atoms with E-state index in [1.807, 2.05) is 0 Å². The number of hydrogen-bond donors (Lipinski definition) is 1. The zero-order chi connectivity index (χ0) is 19.9. The summed E-state index contributed by atoms with van der Waals surface area (Å²) in [6.45, 7) is -0.507. The molecule has 0 atom stereocenters. The SMILES string of the molecule is COc1cccc(C(=O)NCC(=O)OCc2nc(-c3cccc(Cl)c3)no2)c1. The molecule has 3 rings (SSSR count). The van der Waals surface area contributed by atoms with Crippen LogP contribution in [0.2, 0.25) is 5.02 Å². The Balaban J connectivity index is 1.49. The van der Waals surface area contributed by atoms with Gasteiger partial charge >= 0.3 is 5.97 Å². The lowest BCUT2D eigenvalue weighted by atomic mass is 10.2. The predicted molar refractivity (Wildman–Crippen MR) is 99.9 cm³/mol. The van der Waals surface area contributed by atoms with Crippen LogP contribution in [-0.4, -0.2) is 35.7 Å². The maximum Gasteiger partial charge on any atom is 0.325 e. The molecule has 1 N–H and O–H groups in total. The molecule has 1 amide bonds. The Morgan fingerprint density at radius 3 is 2.79 bits per heavy atom. The zero-order valence-electron chi connectivity index (χ0n) is 14.8. The van der Waals surface area contributed by atoms with Gasteiger partial charge in [0.1, 0.15) is 12.3 Å². The standard InChI is InChI=1S/C19H16ClN3O5/c1-26-15-7-3-5-13(9-15)19(25)21-10-17(24)27-11-16-22-18(23-28-16)12-4-2-6-14(20)8-12/h2-9H,10-11H2,1H3,(H,21,25). The summed E-state index contributed by atoms with van der Waals surface area (Å²) in [4.78, 5) is 28.0. The summed E-state index contributed by atoms with van der Waals surface area (Å²) in [6.07, 6.45) is 0. The molecule has 144 valence electrons. The van der Waals surface area contributed by atoms with Crippen LogP contribution < -0.4 is 10.1 Å². The normalized spacial score (nSPS) is 10.4. The van der Waals surface area contributed by atoms with Crippen molar-refractivity contribution in [1.82, 2.24) is 15.5 Å². The first-order valence-electron chi connectivity index (χ1n) is 8.21. The van der Waals surface area contributed by atoms with Gasteiger partial charge in [-0.2, -0.15) is 4.98 Å². The Kier molecular flexibility index (Phi) is 6.23. The Labute approximate surface area is 165 Å². The molecule has 0 saturated heterocycles. The van der Waals surface area contributed by atoms with Crippen molar-refractivity contribution in [2.75, 3.05) is 13.7 Å². The number of rotatable bonds is 7. The van der Waals surface area contributed by atoms with E-state index in [4.69, 9.17) is 25.6 Å². The third kappa shape index (κ3) is 5.08. The van der Waals surface area contributed by atoms with Gasteiger partial charge in [0.2, 0.25) is 5.82 Å². The minimum absolute atomic E-state index is 0.127. The Hall–Kier alpha value is -3.39. The molecule has 9 heteroatoms. The van der Waals surface area contributed by atoms with E-state index in [0.29, 0.717) is 27.7 Å². The van der Waals surface area contributed by atoms with Crippen LogP contribution >= 0.6 is 11.6 Å². The first-order valence-corrected chi connectivity index (χ1v) is 8.59. The average Bonchev–Trinajstić information content (AvgIpc) is 3.19. The van der Waals surface area contributed by atoms with Crippen molar-refractivity contribution >= 4 is 23.5 Å². The second kappa shape index (κ2) is 9.01. The number of esters is 1. The number of carbonyl (C=O) groups is 2. The lowest BCUT2D eigenvalue weighted by molar-refractivity contribution is -0.144. The van der Waals surface area contributed by atoms with Crippen molar-refractivity contribution in [3.05, 3.63) is 65.0 Å². The Bertz CT molecular complexity index is 989. The number of carbonyl (C=O) groups excluding carboxylic acids is 2. The van der Waals surface area contributed by atoms with Gasteiger partial charge in [-0.25, -0.2) is 0 Å². The summed E-state index contributed by atoms with van der Waals surface area (Å²) in [5, 5.41) is 6.83. The molecular formula is C19H16ClN3O5. The van der Waals surface area contributed by atoms with Crippen molar-refractivity contribution in [2.24, 2.45) is 0 Å². The van der Waals surface area contributed by atoms with Crippen LogP contribution in [0.1, 0.15) is 16.2 Å². The van der Waals surface area contributed by atoms with Crippen molar-refractivity contribution in [3.8, 4) is 17.1 Å². The van der Waals surface area contributed by atoms with Crippen molar-refractivity contribution in [2.45, 2.75) is 6.61 Å². The number of methoxy groups -OCH3 is 1. The molecule has 0 unspecified atom stereocenters. The highest BCUT2D eigenvalue weighted by atomic mass is 35.5. The highest BCUT2D eigenvalue weighted by Gasteiger charge is 2.13. The lowest BCUT2D eigenvalue weighted by Gasteiger charge is -2.06. The molecule has 2 aromatic carbocycles. The van der Waals surface area contributed by atoms with E-state index in [1.54, 1.807) is 48.5 Å². The highest BCUT2D eigenvalue weighted by Crippen LogP contribution is 2.20. The van der Waals surface area contributed by atoms with Crippen LogP contribution in [0, 0.1) is 0 Å². The highest BCUT2D eigenvalue weighted by molar-refractivity contribution is 6.30. The molecule has 3 aromatic rings. The maximum atomic E-state index is 12.1. The summed E-state index contributed by atoms with van der Waals surface area (Å²) in [5.74, 6) is -0.0555. The van der Waals surface area contributed by atoms with Crippen LogP contribution in [0.4, 0.5) is 0 Å². The first kappa shape index (κ1) is 19.4. The number of hydrogen-bond acceptors (Lipinski definition) is 7. The first-order chi connectivity index (χ1) is 13.5. The van der Waals surface area contributed by atoms with Gasteiger partial charge in [-0.15, -0.1) is 0 Å². The molecule has 28 heavy (non-hydrogen) atoms. The Morgan fingerprint density at radius 1 is 1.18 bits per heavy atom. The van der Waals surface area contributed by atoms with E-state index in [0.717, 1.165) is 0 Å². The molecule has 0 spiro atoms. The smallest absolute Gasteiger partial charge is 0.325 e. The molecule has 0 radical (unpaired) electrons. The van der Waals surface area contributed by atoms with Crippen molar-refractivity contribution in [1.29, 1.82) is 0 Å². The van der Waals surface area contributed by atoms with Gasteiger partial charge in [-0.3, -0.25) is 9.59 Å². The van der Waals surface area contributed by atoms with Gasteiger partial charge in [-0.1, -0.05) is 35.0 Å². The Morgan fingerprint density at radius 2 is 2.00 bits per heavy atom. The fourth-order valence-corrected chi connectivity index (χ4v) is 2.46. The van der Waals surface area contributed by atoms with Crippen LogP contribution in [0.5, 0.6) is 5.75 Å². The number of benzene rings is 2. The molecule has 0 aliphatic rings. The van der Waals surface area contributed by atoms with E-state index in [-0.39, 0.29) is 19.0 Å². The number of nitrogens with zero attached hydrogens (tertiary/aromatic N) is 2.